The van der Waals surface area contributed by atoms with Crippen molar-refractivity contribution in [3.05, 3.63) is 42.0 Å². The summed E-state index contributed by atoms with van der Waals surface area (Å²) in [6.45, 7) is 7.68. The summed E-state index contributed by atoms with van der Waals surface area (Å²) in [5, 5.41) is 3.41. The average molecular weight is 243 g/mol. The SMILES string of the molecule is C1=CCN(Cc2ccccc2N2CCNCC2)C1. The quantitative estimate of drug-likeness (QED) is 0.811. The van der Waals surface area contributed by atoms with Gasteiger partial charge in [-0.15, -0.1) is 0 Å². The van der Waals surface area contributed by atoms with E-state index in [1.807, 2.05) is 0 Å². The molecule has 3 nitrogen and oxygen atoms in total. The van der Waals surface area contributed by atoms with Gasteiger partial charge in [-0.2, -0.15) is 0 Å². The van der Waals surface area contributed by atoms with Crippen LogP contribution < -0.4 is 10.2 Å². The van der Waals surface area contributed by atoms with E-state index in [4.69, 9.17) is 0 Å². The molecule has 18 heavy (non-hydrogen) atoms. The van der Waals surface area contributed by atoms with E-state index in [0.717, 1.165) is 45.8 Å². The van der Waals surface area contributed by atoms with Crippen LogP contribution in [0, 0.1) is 0 Å². The first-order valence-electron chi connectivity index (χ1n) is 6.84. The predicted octanol–water partition coefficient (Wildman–Crippen LogP) is 1.47. The van der Waals surface area contributed by atoms with Crippen LogP contribution in [-0.4, -0.2) is 44.2 Å². The van der Waals surface area contributed by atoms with Crippen molar-refractivity contribution in [3.8, 4) is 0 Å². The smallest absolute Gasteiger partial charge is 0.0412 e. The van der Waals surface area contributed by atoms with Gasteiger partial charge in [-0.3, -0.25) is 4.90 Å². The van der Waals surface area contributed by atoms with Crippen molar-refractivity contribution >= 4 is 5.69 Å². The Balaban J connectivity index is 1.75. The van der Waals surface area contributed by atoms with Gasteiger partial charge in [0.1, 0.15) is 0 Å². The zero-order chi connectivity index (χ0) is 12.2. The van der Waals surface area contributed by atoms with Crippen molar-refractivity contribution < 1.29 is 0 Å². The van der Waals surface area contributed by atoms with Gasteiger partial charge >= 0.3 is 0 Å². The van der Waals surface area contributed by atoms with Crippen molar-refractivity contribution in [1.82, 2.24) is 10.2 Å². The number of benzene rings is 1. The maximum atomic E-state index is 3.41. The molecule has 0 bridgehead atoms. The minimum absolute atomic E-state index is 1.06. The molecule has 1 fully saturated rings. The monoisotopic (exact) mass is 243 g/mol. The van der Waals surface area contributed by atoms with Crippen LogP contribution in [0.1, 0.15) is 5.56 Å². The molecule has 1 N–H and O–H groups in total. The van der Waals surface area contributed by atoms with Crippen LogP contribution in [0.3, 0.4) is 0 Å². The summed E-state index contributed by atoms with van der Waals surface area (Å²) in [5.41, 5.74) is 2.88. The van der Waals surface area contributed by atoms with Crippen molar-refractivity contribution in [2.75, 3.05) is 44.2 Å². The second-order valence-corrected chi connectivity index (χ2v) is 5.03. The highest BCUT2D eigenvalue weighted by Crippen LogP contribution is 2.22. The Morgan fingerprint density at radius 3 is 2.50 bits per heavy atom. The summed E-state index contributed by atoms with van der Waals surface area (Å²) in [6, 6.07) is 8.85. The van der Waals surface area contributed by atoms with E-state index in [1.165, 1.54) is 11.3 Å². The summed E-state index contributed by atoms with van der Waals surface area (Å²) in [4.78, 5) is 4.98. The van der Waals surface area contributed by atoms with Crippen LogP contribution in [0.25, 0.3) is 0 Å². The lowest BCUT2D eigenvalue weighted by atomic mass is 10.1. The summed E-state index contributed by atoms with van der Waals surface area (Å²) in [5.74, 6) is 0. The highest BCUT2D eigenvalue weighted by Gasteiger charge is 2.15. The zero-order valence-electron chi connectivity index (χ0n) is 10.8. The summed E-state index contributed by atoms with van der Waals surface area (Å²) in [6.07, 6.45) is 4.51. The molecule has 0 spiro atoms. The minimum Gasteiger partial charge on any atom is -0.369 e. The number of hydrogen-bond acceptors (Lipinski definition) is 3. The van der Waals surface area contributed by atoms with Gasteiger partial charge in [0.2, 0.25) is 0 Å². The summed E-state index contributed by atoms with van der Waals surface area (Å²) >= 11 is 0. The van der Waals surface area contributed by atoms with E-state index >= 15 is 0 Å². The molecule has 96 valence electrons. The number of rotatable bonds is 3. The largest absolute Gasteiger partial charge is 0.369 e. The van der Waals surface area contributed by atoms with Crippen LogP contribution in [0.4, 0.5) is 5.69 Å². The first kappa shape index (κ1) is 11.8. The fraction of sp³-hybridized carbons (Fsp3) is 0.467. The van der Waals surface area contributed by atoms with E-state index in [9.17, 15) is 0 Å². The third-order valence-corrected chi connectivity index (χ3v) is 3.74. The Bertz CT molecular complexity index is 414. The van der Waals surface area contributed by atoms with Crippen molar-refractivity contribution in [2.45, 2.75) is 6.54 Å². The highest BCUT2D eigenvalue weighted by atomic mass is 15.2. The Morgan fingerprint density at radius 2 is 1.72 bits per heavy atom. The third kappa shape index (κ3) is 2.57. The normalized spacial score (nSPS) is 20.6. The molecule has 0 radical (unpaired) electrons. The zero-order valence-corrected chi connectivity index (χ0v) is 10.8. The predicted molar refractivity (Wildman–Crippen MR) is 75.9 cm³/mol. The molecular formula is C15H21N3. The third-order valence-electron chi connectivity index (χ3n) is 3.74. The fourth-order valence-electron chi connectivity index (χ4n) is 2.75. The van der Waals surface area contributed by atoms with Gasteiger partial charge in [-0.05, 0) is 11.6 Å². The standard InChI is InChI=1S/C15H21N3/c1-2-6-15(18-11-7-16-8-12-18)14(5-1)13-17-9-3-4-10-17/h1-6,16H,7-13H2. The maximum absolute atomic E-state index is 3.41. The van der Waals surface area contributed by atoms with Gasteiger partial charge < -0.3 is 10.2 Å². The lowest BCUT2D eigenvalue weighted by Crippen LogP contribution is -2.44. The van der Waals surface area contributed by atoms with Gasteiger partial charge in [0.15, 0.2) is 0 Å². The molecule has 3 rings (SSSR count). The number of nitrogens with one attached hydrogen (secondary N) is 1. The van der Waals surface area contributed by atoms with Gasteiger partial charge in [-0.1, -0.05) is 30.4 Å². The van der Waals surface area contributed by atoms with Gasteiger partial charge in [0.05, 0.1) is 0 Å². The van der Waals surface area contributed by atoms with Crippen molar-refractivity contribution in [2.24, 2.45) is 0 Å². The molecular weight excluding hydrogens is 222 g/mol. The molecule has 2 aliphatic heterocycles. The first-order valence-corrected chi connectivity index (χ1v) is 6.84. The van der Waals surface area contributed by atoms with E-state index in [-0.39, 0.29) is 0 Å². The molecule has 1 aromatic carbocycles. The second kappa shape index (κ2) is 5.55. The molecule has 2 aliphatic rings. The van der Waals surface area contributed by atoms with Gasteiger partial charge in [0.25, 0.3) is 0 Å². The fourth-order valence-corrected chi connectivity index (χ4v) is 2.75. The first-order chi connectivity index (χ1) is 8.93. The van der Waals surface area contributed by atoms with E-state index in [0.29, 0.717) is 0 Å². The summed E-state index contributed by atoms with van der Waals surface area (Å²) < 4.78 is 0. The van der Waals surface area contributed by atoms with Crippen molar-refractivity contribution in [3.63, 3.8) is 0 Å². The average Bonchev–Trinajstić information content (AvgIpc) is 2.93. The number of anilines is 1. The van der Waals surface area contributed by atoms with Crippen molar-refractivity contribution in [1.29, 1.82) is 0 Å². The van der Waals surface area contributed by atoms with Crippen LogP contribution in [-0.2, 0) is 6.54 Å². The Kier molecular flexibility index (Phi) is 3.62. The van der Waals surface area contributed by atoms with E-state index in [1.54, 1.807) is 0 Å². The molecule has 0 unspecified atom stereocenters. The molecule has 0 aliphatic carbocycles. The molecule has 0 saturated carbocycles. The van der Waals surface area contributed by atoms with E-state index in [2.05, 4.69) is 51.5 Å². The molecule has 0 atom stereocenters. The minimum atomic E-state index is 1.06. The molecule has 3 heteroatoms. The lowest BCUT2D eigenvalue weighted by molar-refractivity contribution is 0.345. The molecule has 1 saturated heterocycles. The Hall–Kier alpha value is -1.32. The van der Waals surface area contributed by atoms with Gasteiger partial charge in [-0.25, -0.2) is 0 Å². The topological polar surface area (TPSA) is 18.5 Å². The van der Waals surface area contributed by atoms with Gasteiger partial charge in [0, 0.05) is 51.5 Å². The number of piperazine rings is 1. The number of para-hydroxylation sites is 1. The number of nitrogens with zero attached hydrogens (tertiary/aromatic N) is 2. The van der Waals surface area contributed by atoms with Crippen LogP contribution in [0.15, 0.2) is 36.4 Å². The highest BCUT2D eigenvalue weighted by molar-refractivity contribution is 5.54. The summed E-state index contributed by atoms with van der Waals surface area (Å²) in [7, 11) is 0. The van der Waals surface area contributed by atoms with E-state index < -0.39 is 0 Å². The molecule has 0 amide bonds. The lowest BCUT2D eigenvalue weighted by Gasteiger charge is -2.32. The Labute approximate surface area is 109 Å². The Morgan fingerprint density at radius 1 is 1.00 bits per heavy atom. The van der Waals surface area contributed by atoms with Crippen LogP contribution in [0.2, 0.25) is 0 Å². The van der Waals surface area contributed by atoms with Crippen LogP contribution in [0.5, 0.6) is 0 Å². The molecule has 1 aromatic rings. The maximum Gasteiger partial charge on any atom is 0.0412 e. The second-order valence-electron chi connectivity index (χ2n) is 5.03. The number of hydrogen-bond donors (Lipinski definition) is 1. The molecule has 2 heterocycles. The molecule has 0 aromatic heterocycles. The van der Waals surface area contributed by atoms with Crippen LogP contribution >= 0.6 is 0 Å².